The molecule has 0 radical (unpaired) electrons. The molecule has 0 bridgehead atoms. The minimum Gasteiger partial charge on any atom is -0.466 e. The maximum Gasteiger partial charge on any atom is 0.188 e. The van der Waals surface area contributed by atoms with Crippen LogP contribution in [-0.4, -0.2) is 0 Å². The van der Waals surface area contributed by atoms with Gasteiger partial charge in [-0.2, -0.15) is 0 Å². The third kappa shape index (κ3) is 3.09. The molecule has 92 valence electrons. The number of aryl methyl sites for hydroxylation is 2. The molecule has 0 aromatic carbocycles. The van der Waals surface area contributed by atoms with Gasteiger partial charge in [0.1, 0.15) is 11.5 Å². The molecule has 1 aliphatic rings. The van der Waals surface area contributed by atoms with Crippen LogP contribution in [0.4, 0.5) is 0 Å². The summed E-state index contributed by atoms with van der Waals surface area (Å²) in [6.07, 6.45) is 8.05. The molecule has 0 atom stereocenters. The lowest BCUT2D eigenvalue weighted by Gasteiger charge is -2.14. The van der Waals surface area contributed by atoms with Crippen molar-refractivity contribution in [1.82, 2.24) is 0 Å². The summed E-state index contributed by atoms with van der Waals surface area (Å²) in [6, 6.07) is 1.68. The van der Waals surface area contributed by atoms with Gasteiger partial charge in [0.25, 0.3) is 0 Å². The molecule has 0 unspecified atom stereocenters. The molecule has 0 fully saturated rings. The standard InChI is InChI=1S/C15H20O2/c1-11(2)6-5-7-12-10-14(16)13-8-3-4-9-15(13)17-12/h6,10H,3-5,7-9H2,1-2H3. The summed E-state index contributed by atoms with van der Waals surface area (Å²) in [5.74, 6) is 1.78. The Bertz CT molecular complexity index is 476. The van der Waals surface area contributed by atoms with Crippen LogP contribution in [0.2, 0.25) is 0 Å². The molecule has 2 nitrogen and oxygen atoms in total. The van der Waals surface area contributed by atoms with Crippen molar-refractivity contribution < 1.29 is 4.42 Å². The second-order valence-corrected chi connectivity index (χ2v) is 5.01. The van der Waals surface area contributed by atoms with Crippen molar-refractivity contribution in [3.8, 4) is 0 Å². The zero-order chi connectivity index (χ0) is 12.3. The normalized spacial score (nSPS) is 14.2. The zero-order valence-corrected chi connectivity index (χ0v) is 10.7. The monoisotopic (exact) mass is 232 g/mol. The van der Waals surface area contributed by atoms with Crippen molar-refractivity contribution in [2.24, 2.45) is 0 Å². The lowest BCUT2D eigenvalue weighted by atomic mass is 9.96. The molecule has 1 aromatic heterocycles. The molecule has 0 spiro atoms. The molecule has 0 aliphatic heterocycles. The third-order valence-electron chi connectivity index (χ3n) is 3.20. The van der Waals surface area contributed by atoms with Gasteiger partial charge in [0.05, 0.1) is 0 Å². The average molecular weight is 232 g/mol. The van der Waals surface area contributed by atoms with Crippen LogP contribution >= 0.6 is 0 Å². The molecule has 0 saturated heterocycles. The van der Waals surface area contributed by atoms with Crippen molar-refractivity contribution >= 4 is 0 Å². The van der Waals surface area contributed by atoms with E-state index in [9.17, 15) is 4.79 Å². The van der Waals surface area contributed by atoms with Gasteiger partial charge in [-0.25, -0.2) is 0 Å². The van der Waals surface area contributed by atoms with Gasteiger partial charge in [-0.3, -0.25) is 4.79 Å². The van der Waals surface area contributed by atoms with E-state index in [-0.39, 0.29) is 5.43 Å². The Morgan fingerprint density at radius 2 is 2.12 bits per heavy atom. The zero-order valence-electron chi connectivity index (χ0n) is 10.7. The number of hydrogen-bond acceptors (Lipinski definition) is 2. The highest BCUT2D eigenvalue weighted by molar-refractivity contribution is 5.22. The molecule has 1 aromatic rings. The largest absolute Gasteiger partial charge is 0.466 e. The van der Waals surface area contributed by atoms with Gasteiger partial charge in [0.2, 0.25) is 0 Å². The van der Waals surface area contributed by atoms with Crippen LogP contribution in [0.15, 0.2) is 26.9 Å². The van der Waals surface area contributed by atoms with E-state index in [0.717, 1.165) is 55.6 Å². The van der Waals surface area contributed by atoms with Gasteiger partial charge >= 0.3 is 0 Å². The van der Waals surface area contributed by atoms with Crippen LogP contribution < -0.4 is 5.43 Å². The second-order valence-electron chi connectivity index (χ2n) is 5.01. The minimum atomic E-state index is 0.179. The van der Waals surface area contributed by atoms with E-state index in [1.54, 1.807) is 6.07 Å². The predicted octanol–water partition coefficient (Wildman–Crippen LogP) is 3.42. The topological polar surface area (TPSA) is 30.2 Å². The quantitative estimate of drug-likeness (QED) is 0.747. The summed E-state index contributed by atoms with van der Waals surface area (Å²) in [4.78, 5) is 11.9. The Kier molecular flexibility index (Phi) is 3.82. The molecule has 0 amide bonds. The summed E-state index contributed by atoms with van der Waals surface area (Å²) in [7, 11) is 0. The minimum absolute atomic E-state index is 0.179. The van der Waals surface area contributed by atoms with Gasteiger partial charge in [0, 0.05) is 24.5 Å². The number of hydrogen-bond donors (Lipinski definition) is 0. The first-order chi connectivity index (χ1) is 8.16. The molecule has 0 saturated carbocycles. The Morgan fingerprint density at radius 3 is 2.88 bits per heavy atom. The first-order valence-corrected chi connectivity index (χ1v) is 6.45. The van der Waals surface area contributed by atoms with Crippen LogP contribution in [0.5, 0.6) is 0 Å². The second kappa shape index (κ2) is 5.35. The van der Waals surface area contributed by atoms with Crippen LogP contribution in [0.25, 0.3) is 0 Å². The van der Waals surface area contributed by atoms with Gasteiger partial charge < -0.3 is 4.42 Å². The number of fused-ring (bicyclic) bond motifs is 1. The van der Waals surface area contributed by atoms with E-state index in [1.165, 1.54) is 5.57 Å². The molecule has 2 rings (SSSR count). The Labute approximate surface area is 102 Å². The van der Waals surface area contributed by atoms with E-state index in [2.05, 4.69) is 19.9 Å². The van der Waals surface area contributed by atoms with Gasteiger partial charge in [-0.1, -0.05) is 11.6 Å². The van der Waals surface area contributed by atoms with Crippen molar-refractivity contribution in [3.05, 3.63) is 45.0 Å². The van der Waals surface area contributed by atoms with E-state index < -0.39 is 0 Å². The van der Waals surface area contributed by atoms with Crippen LogP contribution in [0.1, 0.15) is 50.2 Å². The highest BCUT2D eigenvalue weighted by atomic mass is 16.3. The summed E-state index contributed by atoms with van der Waals surface area (Å²) < 4.78 is 5.83. The average Bonchev–Trinajstić information content (AvgIpc) is 2.28. The fraction of sp³-hybridized carbons (Fsp3) is 0.533. The third-order valence-corrected chi connectivity index (χ3v) is 3.20. The lowest BCUT2D eigenvalue weighted by Crippen LogP contribution is -2.16. The Balaban J connectivity index is 2.17. The molecule has 17 heavy (non-hydrogen) atoms. The predicted molar refractivity (Wildman–Crippen MR) is 69.4 cm³/mol. The Hall–Kier alpha value is -1.31. The van der Waals surface area contributed by atoms with Crippen LogP contribution in [-0.2, 0) is 19.3 Å². The molecular formula is C15H20O2. The summed E-state index contributed by atoms with van der Waals surface area (Å²) in [5.41, 5.74) is 2.41. The van der Waals surface area contributed by atoms with Crippen molar-refractivity contribution in [2.45, 2.75) is 52.4 Å². The molecular weight excluding hydrogens is 212 g/mol. The van der Waals surface area contributed by atoms with E-state index in [1.807, 2.05) is 0 Å². The number of allylic oxidation sites excluding steroid dienone is 2. The summed E-state index contributed by atoms with van der Waals surface area (Å²) in [6.45, 7) is 4.17. The first kappa shape index (κ1) is 12.2. The molecule has 0 N–H and O–H groups in total. The molecule has 2 heteroatoms. The molecule has 1 aliphatic carbocycles. The van der Waals surface area contributed by atoms with Gasteiger partial charge in [-0.05, 0) is 39.5 Å². The maximum absolute atomic E-state index is 11.9. The van der Waals surface area contributed by atoms with E-state index in [0.29, 0.717) is 0 Å². The first-order valence-electron chi connectivity index (χ1n) is 6.45. The highest BCUT2D eigenvalue weighted by Gasteiger charge is 2.15. The Morgan fingerprint density at radius 1 is 1.35 bits per heavy atom. The number of rotatable bonds is 3. The summed E-state index contributed by atoms with van der Waals surface area (Å²) >= 11 is 0. The maximum atomic E-state index is 11.9. The van der Waals surface area contributed by atoms with Gasteiger partial charge in [-0.15, -0.1) is 0 Å². The van der Waals surface area contributed by atoms with Gasteiger partial charge in [0.15, 0.2) is 5.43 Å². The lowest BCUT2D eigenvalue weighted by molar-refractivity contribution is 0.416. The van der Waals surface area contributed by atoms with Crippen molar-refractivity contribution in [3.63, 3.8) is 0 Å². The fourth-order valence-electron chi connectivity index (χ4n) is 2.30. The van der Waals surface area contributed by atoms with Crippen LogP contribution in [0, 0.1) is 0 Å². The van der Waals surface area contributed by atoms with E-state index in [4.69, 9.17) is 4.42 Å². The smallest absolute Gasteiger partial charge is 0.188 e. The van der Waals surface area contributed by atoms with Crippen molar-refractivity contribution in [1.29, 1.82) is 0 Å². The SMILES string of the molecule is CC(C)=CCCc1cc(=O)c2c(o1)CCCC2. The molecule has 1 heterocycles. The fourth-order valence-corrected chi connectivity index (χ4v) is 2.30. The van der Waals surface area contributed by atoms with E-state index >= 15 is 0 Å². The highest BCUT2D eigenvalue weighted by Crippen LogP contribution is 2.19. The summed E-state index contributed by atoms with van der Waals surface area (Å²) in [5, 5.41) is 0. The van der Waals surface area contributed by atoms with Crippen LogP contribution in [0.3, 0.4) is 0 Å². The van der Waals surface area contributed by atoms with Crippen molar-refractivity contribution in [2.75, 3.05) is 0 Å².